The van der Waals surface area contributed by atoms with E-state index in [-0.39, 0.29) is 0 Å². The third-order valence-corrected chi connectivity index (χ3v) is 1.09. The molecule has 0 aromatic heterocycles. The van der Waals surface area contributed by atoms with Crippen LogP contribution in [0.25, 0.3) is 0 Å². The van der Waals surface area contributed by atoms with Crippen molar-refractivity contribution in [3.8, 4) is 0 Å². The van der Waals surface area contributed by atoms with Crippen LogP contribution >= 0.6 is 0 Å². The Morgan fingerprint density at radius 2 is 1.54 bits per heavy atom. The molecule has 0 aliphatic carbocycles. The molecule has 0 atom stereocenters. The van der Waals surface area contributed by atoms with Crippen LogP contribution in [0.1, 0.15) is 34.6 Å². The van der Waals surface area contributed by atoms with Crippen LogP contribution in [0.3, 0.4) is 0 Å². The molecule has 0 spiro atoms. The highest BCUT2D eigenvalue weighted by atomic mass is 16.5. The van der Waals surface area contributed by atoms with Gasteiger partial charge in [-0.25, -0.2) is 0 Å². The van der Waals surface area contributed by atoms with E-state index in [9.17, 15) is 0 Å². The average molecular weight is 184 g/mol. The summed E-state index contributed by atoms with van der Waals surface area (Å²) in [5, 5.41) is 0. The van der Waals surface area contributed by atoms with Crippen molar-refractivity contribution < 1.29 is 4.74 Å². The van der Waals surface area contributed by atoms with E-state index in [1.54, 1.807) is 13.2 Å². The fourth-order valence-corrected chi connectivity index (χ4v) is 0.612. The molecule has 0 aliphatic rings. The first-order valence-electron chi connectivity index (χ1n) is 4.82. The Hall–Kier alpha value is -0.720. The molecule has 0 aromatic carbocycles. The van der Waals surface area contributed by atoms with Gasteiger partial charge in [0.1, 0.15) is 0 Å². The summed E-state index contributed by atoms with van der Waals surface area (Å²) in [7, 11) is 1.68. The highest BCUT2D eigenvalue weighted by molar-refractivity contribution is 5.05. The summed E-state index contributed by atoms with van der Waals surface area (Å²) in [6, 6.07) is 0. The lowest BCUT2D eigenvalue weighted by Crippen LogP contribution is -1.94. The second-order valence-corrected chi connectivity index (χ2v) is 3.90. The normalized spacial score (nSPS) is 10.9. The van der Waals surface area contributed by atoms with Crippen LogP contribution in [0.4, 0.5) is 0 Å². The fourth-order valence-electron chi connectivity index (χ4n) is 0.612. The van der Waals surface area contributed by atoms with Crippen molar-refractivity contribution in [1.82, 2.24) is 0 Å². The van der Waals surface area contributed by atoms with E-state index in [0.717, 1.165) is 11.7 Å². The minimum absolute atomic E-state index is 0.452. The molecule has 0 N–H and O–H groups in total. The maximum atomic E-state index is 5.04. The van der Waals surface area contributed by atoms with Crippen LogP contribution in [0.5, 0.6) is 0 Å². The summed E-state index contributed by atoms with van der Waals surface area (Å²) in [6.45, 7) is 14.2. The zero-order valence-corrected chi connectivity index (χ0v) is 9.92. The Morgan fingerprint density at radius 3 is 1.62 bits per heavy atom. The third kappa shape index (κ3) is 14.2. The van der Waals surface area contributed by atoms with Crippen molar-refractivity contribution in [2.75, 3.05) is 7.11 Å². The summed E-state index contributed by atoms with van der Waals surface area (Å²) < 4.78 is 5.04. The number of hydrogen-bond acceptors (Lipinski definition) is 1. The van der Waals surface area contributed by atoms with Gasteiger partial charge in [0.15, 0.2) is 0 Å². The molecule has 0 saturated carbocycles. The van der Waals surface area contributed by atoms with Gasteiger partial charge in [-0.15, -0.1) is 0 Å². The van der Waals surface area contributed by atoms with E-state index in [1.165, 1.54) is 0 Å². The third-order valence-electron chi connectivity index (χ3n) is 1.09. The lowest BCUT2D eigenvalue weighted by molar-refractivity contribution is 0.254. The van der Waals surface area contributed by atoms with Crippen molar-refractivity contribution >= 4 is 0 Å². The maximum Gasteiger partial charge on any atom is 0.0980 e. The van der Waals surface area contributed by atoms with Gasteiger partial charge in [0.2, 0.25) is 0 Å². The molecule has 78 valence electrons. The summed E-state index contributed by atoms with van der Waals surface area (Å²) in [4.78, 5) is 0. The molecule has 13 heavy (non-hydrogen) atoms. The quantitative estimate of drug-likeness (QED) is 0.475. The number of allylic oxidation sites excluding steroid dienone is 3. The molecule has 0 aromatic rings. The number of rotatable bonds is 3. The molecule has 0 fully saturated rings. The van der Waals surface area contributed by atoms with Crippen LogP contribution in [0.2, 0.25) is 0 Å². The maximum absolute atomic E-state index is 5.04. The predicted molar refractivity (Wildman–Crippen MR) is 60.6 cm³/mol. The van der Waals surface area contributed by atoms with Gasteiger partial charge in [-0.2, -0.15) is 0 Å². The van der Waals surface area contributed by atoms with Gasteiger partial charge in [0.25, 0.3) is 0 Å². The second kappa shape index (κ2) is 9.37. The van der Waals surface area contributed by atoms with E-state index >= 15 is 0 Å². The number of ether oxygens (including phenoxy) is 1. The van der Waals surface area contributed by atoms with Crippen LogP contribution in [0.15, 0.2) is 24.5 Å². The fraction of sp³-hybridized carbons (Fsp3) is 0.667. The summed E-state index contributed by atoms with van der Waals surface area (Å²) in [5.74, 6) is 2.26. The SMILES string of the molecule is C=C/C=C(\OC)C(C)C.CC(C)C. The molecule has 0 saturated heterocycles. The van der Waals surface area contributed by atoms with Crippen molar-refractivity contribution in [1.29, 1.82) is 0 Å². The molecule has 0 amide bonds. The lowest BCUT2D eigenvalue weighted by Gasteiger charge is -2.07. The highest BCUT2D eigenvalue weighted by Crippen LogP contribution is 2.08. The molecule has 0 heterocycles. The van der Waals surface area contributed by atoms with E-state index in [1.807, 2.05) is 6.08 Å². The van der Waals surface area contributed by atoms with Crippen LogP contribution in [-0.4, -0.2) is 7.11 Å². The van der Waals surface area contributed by atoms with Gasteiger partial charge in [-0.05, 0) is 12.0 Å². The van der Waals surface area contributed by atoms with Gasteiger partial charge in [0, 0.05) is 5.92 Å². The first-order chi connectivity index (χ1) is 5.95. The standard InChI is InChI=1S/C8H14O.C4H10/c1-5-6-8(9-4)7(2)3;1-4(2)3/h5-7H,1H2,2-4H3;4H,1-3H3/b8-6-;. The summed E-state index contributed by atoms with van der Waals surface area (Å²) in [5.41, 5.74) is 0. The van der Waals surface area contributed by atoms with Gasteiger partial charge < -0.3 is 4.74 Å². The summed E-state index contributed by atoms with van der Waals surface area (Å²) in [6.07, 6.45) is 3.61. The second-order valence-electron chi connectivity index (χ2n) is 3.90. The van der Waals surface area contributed by atoms with Gasteiger partial charge in [-0.1, -0.05) is 47.3 Å². The Morgan fingerprint density at radius 1 is 1.15 bits per heavy atom. The van der Waals surface area contributed by atoms with E-state index < -0.39 is 0 Å². The van der Waals surface area contributed by atoms with Crippen LogP contribution < -0.4 is 0 Å². The van der Waals surface area contributed by atoms with Crippen molar-refractivity contribution in [2.45, 2.75) is 34.6 Å². The van der Waals surface area contributed by atoms with Crippen LogP contribution in [-0.2, 0) is 4.74 Å². The van der Waals surface area contributed by atoms with Crippen LogP contribution in [0, 0.1) is 11.8 Å². The molecule has 1 heteroatoms. The van der Waals surface area contributed by atoms with Gasteiger partial charge in [-0.3, -0.25) is 0 Å². The first kappa shape index (κ1) is 14.8. The average Bonchev–Trinajstić information content (AvgIpc) is 1.98. The molecule has 0 bridgehead atoms. The van der Waals surface area contributed by atoms with E-state index in [0.29, 0.717) is 5.92 Å². The molecule has 0 radical (unpaired) electrons. The summed E-state index contributed by atoms with van der Waals surface area (Å²) >= 11 is 0. The smallest absolute Gasteiger partial charge is 0.0980 e. The number of hydrogen-bond donors (Lipinski definition) is 0. The molecule has 0 unspecified atom stereocenters. The molecule has 1 nitrogen and oxygen atoms in total. The van der Waals surface area contributed by atoms with Gasteiger partial charge in [0.05, 0.1) is 12.9 Å². The molecule has 0 aliphatic heterocycles. The Bertz CT molecular complexity index is 140. The molecular weight excluding hydrogens is 160 g/mol. The van der Waals surface area contributed by atoms with E-state index in [2.05, 4.69) is 41.2 Å². The monoisotopic (exact) mass is 184 g/mol. The molecule has 0 rings (SSSR count). The zero-order chi connectivity index (χ0) is 10.9. The predicted octanol–water partition coefficient (Wildman–Crippen LogP) is 4.02. The Kier molecular flexibility index (Phi) is 10.7. The lowest BCUT2D eigenvalue weighted by atomic mass is 10.1. The Balaban J connectivity index is 0. The number of methoxy groups -OCH3 is 1. The van der Waals surface area contributed by atoms with Crippen molar-refractivity contribution in [3.63, 3.8) is 0 Å². The molecular formula is C12H24O. The topological polar surface area (TPSA) is 9.23 Å². The largest absolute Gasteiger partial charge is 0.501 e. The van der Waals surface area contributed by atoms with Gasteiger partial charge >= 0.3 is 0 Å². The highest BCUT2D eigenvalue weighted by Gasteiger charge is 1.98. The Labute approximate surface area is 83.5 Å². The zero-order valence-electron chi connectivity index (χ0n) is 9.92. The van der Waals surface area contributed by atoms with Crippen molar-refractivity contribution in [2.24, 2.45) is 11.8 Å². The minimum atomic E-state index is 0.452. The van der Waals surface area contributed by atoms with E-state index in [4.69, 9.17) is 4.74 Å². The van der Waals surface area contributed by atoms with Crippen molar-refractivity contribution in [3.05, 3.63) is 24.5 Å². The first-order valence-corrected chi connectivity index (χ1v) is 4.82. The minimum Gasteiger partial charge on any atom is -0.501 e.